The third-order valence-electron chi connectivity index (χ3n) is 5.07. The fourth-order valence-corrected chi connectivity index (χ4v) is 3.71. The second-order valence-corrected chi connectivity index (χ2v) is 8.03. The summed E-state index contributed by atoms with van der Waals surface area (Å²) >= 11 is 5.20. The molecular formula is C24H24N2O5S. The number of carboxylic acids is 1. The predicted molar refractivity (Wildman–Crippen MR) is 126 cm³/mol. The minimum absolute atomic E-state index is 0.00413. The quantitative estimate of drug-likeness (QED) is 0.390. The van der Waals surface area contributed by atoms with Gasteiger partial charge in [0.2, 0.25) is 0 Å². The van der Waals surface area contributed by atoms with Crippen molar-refractivity contribution in [1.29, 1.82) is 0 Å². The molecule has 1 heterocycles. The Morgan fingerprint density at radius 3 is 2.59 bits per heavy atom. The first-order valence-electron chi connectivity index (χ1n) is 10.2. The van der Waals surface area contributed by atoms with E-state index in [-0.39, 0.29) is 27.9 Å². The average Bonchev–Trinajstić information content (AvgIpc) is 2.72. The molecule has 32 heavy (non-hydrogen) atoms. The van der Waals surface area contributed by atoms with E-state index in [4.69, 9.17) is 17.0 Å². The molecule has 3 rings (SSSR count). The maximum atomic E-state index is 13.3. The van der Waals surface area contributed by atoms with Gasteiger partial charge in [-0.1, -0.05) is 19.9 Å². The van der Waals surface area contributed by atoms with Gasteiger partial charge in [0.1, 0.15) is 11.3 Å². The van der Waals surface area contributed by atoms with Crippen molar-refractivity contribution >= 4 is 46.9 Å². The number of hydrogen-bond donors (Lipinski definition) is 2. The van der Waals surface area contributed by atoms with Crippen LogP contribution in [0.25, 0.3) is 6.08 Å². The van der Waals surface area contributed by atoms with Crippen molar-refractivity contribution in [3.63, 3.8) is 0 Å². The van der Waals surface area contributed by atoms with Crippen LogP contribution in [-0.4, -0.2) is 34.6 Å². The van der Waals surface area contributed by atoms with Gasteiger partial charge in [-0.15, -0.1) is 0 Å². The number of nitrogens with one attached hydrogen (secondary N) is 1. The van der Waals surface area contributed by atoms with Crippen LogP contribution in [0.2, 0.25) is 0 Å². The number of carbonyl (C=O) groups excluding carboxylic acids is 2. The fraction of sp³-hybridized carbons (Fsp3) is 0.250. The summed E-state index contributed by atoms with van der Waals surface area (Å²) in [4.78, 5) is 38.4. The molecule has 7 nitrogen and oxygen atoms in total. The minimum atomic E-state index is -1.13. The Balaban J connectivity index is 2.08. The van der Waals surface area contributed by atoms with Gasteiger partial charge in [-0.3, -0.25) is 19.8 Å². The van der Waals surface area contributed by atoms with Gasteiger partial charge in [-0.25, -0.2) is 4.79 Å². The number of hydrogen-bond acceptors (Lipinski definition) is 5. The highest BCUT2D eigenvalue weighted by Crippen LogP contribution is 2.32. The van der Waals surface area contributed by atoms with Gasteiger partial charge in [0.15, 0.2) is 5.11 Å². The van der Waals surface area contributed by atoms with E-state index in [0.29, 0.717) is 12.2 Å². The van der Waals surface area contributed by atoms with Crippen molar-refractivity contribution in [2.45, 2.75) is 33.6 Å². The van der Waals surface area contributed by atoms with E-state index >= 15 is 0 Å². The summed E-state index contributed by atoms with van der Waals surface area (Å²) in [5, 5.41) is 11.7. The normalized spacial score (nSPS) is 15.3. The van der Waals surface area contributed by atoms with Gasteiger partial charge in [0.05, 0.1) is 17.9 Å². The fourth-order valence-electron chi connectivity index (χ4n) is 3.43. The third-order valence-corrected chi connectivity index (χ3v) is 5.36. The van der Waals surface area contributed by atoms with Gasteiger partial charge in [-0.2, -0.15) is 0 Å². The molecule has 0 atom stereocenters. The standard InChI is InChI=1S/C24H24N2O5S/c1-5-31-20-9-14(4)16(11-18(20)13(2)3)12-19-21(27)25-24(32)26(22(19)28)17-8-6-7-15(10-17)23(29)30/h6-13H,5H2,1-4H3,(H,29,30)(H,25,27,32). The molecule has 0 radical (unpaired) electrons. The zero-order valence-corrected chi connectivity index (χ0v) is 19.1. The largest absolute Gasteiger partial charge is 0.494 e. The molecule has 1 aliphatic heterocycles. The Bertz CT molecular complexity index is 1150. The first kappa shape index (κ1) is 23.1. The number of thiocarbonyl (C=S) groups is 1. The second kappa shape index (κ2) is 9.32. The van der Waals surface area contributed by atoms with Crippen LogP contribution in [0.15, 0.2) is 42.0 Å². The van der Waals surface area contributed by atoms with Gasteiger partial charge in [-0.05, 0) is 85.1 Å². The van der Waals surface area contributed by atoms with E-state index in [9.17, 15) is 19.5 Å². The SMILES string of the molecule is CCOc1cc(C)c(C=C2C(=O)NC(=S)N(c3cccc(C(=O)O)c3)C2=O)cc1C(C)C. The summed E-state index contributed by atoms with van der Waals surface area (Å²) in [5.74, 6) is -1.41. The van der Waals surface area contributed by atoms with Crippen LogP contribution in [-0.2, 0) is 9.59 Å². The molecule has 2 N–H and O–H groups in total. The van der Waals surface area contributed by atoms with Gasteiger partial charge < -0.3 is 9.84 Å². The second-order valence-electron chi connectivity index (χ2n) is 7.65. The molecule has 0 aliphatic carbocycles. The highest BCUT2D eigenvalue weighted by Gasteiger charge is 2.35. The third kappa shape index (κ3) is 4.55. The van der Waals surface area contributed by atoms with Crippen LogP contribution in [0.4, 0.5) is 5.69 Å². The van der Waals surface area contributed by atoms with E-state index in [0.717, 1.165) is 21.8 Å². The maximum absolute atomic E-state index is 13.3. The van der Waals surface area contributed by atoms with Crippen molar-refractivity contribution in [2.75, 3.05) is 11.5 Å². The lowest BCUT2D eigenvalue weighted by Gasteiger charge is -2.29. The monoisotopic (exact) mass is 452 g/mol. The Hall–Kier alpha value is -3.52. The highest BCUT2D eigenvalue weighted by molar-refractivity contribution is 7.80. The molecule has 1 aliphatic rings. The molecule has 0 saturated carbocycles. The lowest BCUT2D eigenvalue weighted by Crippen LogP contribution is -2.54. The summed E-state index contributed by atoms with van der Waals surface area (Å²) in [7, 11) is 0. The number of amides is 2. The number of aryl methyl sites for hydroxylation is 1. The van der Waals surface area contributed by atoms with Gasteiger partial charge in [0.25, 0.3) is 11.8 Å². The molecular weight excluding hydrogens is 428 g/mol. The molecule has 166 valence electrons. The first-order valence-corrected chi connectivity index (χ1v) is 10.6. The van der Waals surface area contributed by atoms with Crippen molar-refractivity contribution in [2.24, 2.45) is 0 Å². The van der Waals surface area contributed by atoms with Crippen LogP contribution in [0.1, 0.15) is 53.7 Å². The number of ether oxygens (including phenoxy) is 1. The highest BCUT2D eigenvalue weighted by atomic mass is 32.1. The maximum Gasteiger partial charge on any atom is 0.335 e. The molecule has 0 unspecified atom stereocenters. The topological polar surface area (TPSA) is 95.9 Å². The predicted octanol–water partition coefficient (Wildman–Crippen LogP) is 4.05. The van der Waals surface area contributed by atoms with Crippen molar-refractivity contribution in [3.8, 4) is 5.75 Å². The number of carbonyl (C=O) groups is 3. The summed E-state index contributed by atoms with van der Waals surface area (Å²) < 4.78 is 5.75. The van der Waals surface area contributed by atoms with Crippen LogP contribution < -0.4 is 15.0 Å². The van der Waals surface area contributed by atoms with Crippen molar-refractivity contribution in [3.05, 3.63) is 64.2 Å². The van der Waals surface area contributed by atoms with Gasteiger partial charge in [0, 0.05) is 0 Å². The molecule has 0 aromatic heterocycles. The van der Waals surface area contributed by atoms with E-state index in [2.05, 4.69) is 5.32 Å². The lowest BCUT2D eigenvalue weighted by atomic mass is 9.95. The molecule has 1 fully saturated rings. The Morgan fingerprint density at radius 2 is 1.97 bits per heavy atom. The van der Waals surface area contributed by atoms with Crippen LogP contribution in [0.5, 0.6) is 5.75 Å². The van der Waals surface area contributed by atoms with Crippen LogP contribution in [0.3, 0.4) is 0 Å². The number of nitrogens with zero attached hydrogens (tertiary/aromatic N) is 1. The Kier molecular flexibility index (Phi) is 6.74. The zero-order valence-electron chi connectivity index (χ0n) is 18.3. The number of benzene rings is 2. The van der Waals surface area contributed by atoms with E-state index in [1.807, 2.05) is 39.8 Å². The lowest BCUT2D eigenvalue weighted by molar-refractivity contribution is -0.122. The number of aromatic carboxylic acids is 1. The molecule has 1 saturated heterocycles. The summed E-state index contributed by atoms with van der Waals surface area (Å²) in [6.45, 7) is 8.40. The summed E-state index contributed by atoms with van der Waals surface area (Å²) in [6, 6.07) is 9.64. The summed E-state index contributed by atoms with van der Waals surface area (Å²) in [6.07, 6.45) is 1.53. The molecule has 2 amide bonds. The van der Waals surface area contributed by atoms with Crippen molar-refractivity contribution in [1.82, 2.24) is 5.32 Å². The van der Waals surface area contributed by atoms with Gasteiger partial charge >= 0.3 is 5.97 Å². The van der Waals surface area contributed by atoms with E-state index in [1.165, 1.54) is 24.3 Å². The summed E-state index contributed by atoms with van der Waals surface area (Å²) in [5.41, 5.74) is 2.69. The smallest absolute Gasteiger partial charge is 0.335 e. The van der Waals surface area contributed by atoms with Crippen LogP contribution in [0, 0.1) is 6.92 Å². The molecule has 0 bridgehead atoms. The molecule has 2 aromatic rings. The zero-order chi connectivity index (χ0) is 23.6. The molecule has 2 aromatic carbocycles. The Morgan fingerprint density at radius 1 is 1.25 bits per heavy atom. The van der Waals surface area contributed by atoms with Crippen molar-refractivity contribution < 1.29 is 24.2 Å². The minimum Gasteiger partial charge on any atom is -0.494 e. The average molecular weight is 453 g/mol. The first-order chi connectivity index (χ1) is 15.1. The molecule has 0 spiro atoms. The Labute approximate surface area is 191 Å². The number of rotatable bonds is 6. The number of carboxylic acid groups (broad SMARTS) is 1. The molecule has 8 heteroatoms. The van der Waals surface area contributed by atoms with Crippen LogP contribution >= 0.6 is 12.2 Å². The van der Waals surface area contributed by atoms with E-state index in [1.54, 1.807) is 6.07 Å². The number of anilines is 1. The van der Waals surface area contributed by atoms with E-state index < -0.39 is 17.8 Å².